The molecule has 14 heavy (non-hydrogen) atoms. The lowest BCUT2D eigenvalue weighted by molar-refractivity contribution is 0.460. The van der Waals surface area contributed by atoms with Crippen LogP contribution in [0.1, 0.15) is 29.9 Å². The molecule has 1 N–H and O–H groups in total. The molecule has 1 aromatic carbocycles. The second-order valence-electron chi connectivity index (χ2n) is 4.05. The highest BCUT2D eigenvalue weighted by molar-refractivity contribution is 6.31. The highest BCUT2D eigenvalue weighted by atomic mass is 35.5. The third kappa shape index (κ3) is 2.10. The first-order valence-electron chi connectivity index (χ1n) is 5.24. The van der Waals surface area contributed by atoms with Crippen LogP contribution in [0.4, 0.5) is 0 Å². The molecule has 2 rings (SSSR count). The van der Waals surface area contributed by atoms with E-state index in [0.29, 0.717) is 5.92 Å². The maximum absolute atomic E-state index is 6.21. The van der Waals surface area contributed by atoms with Gasteiger partial charge in [-0.2, -0.15) is 0 Å². The highest BCUT2D eigenvalue weighted by Crippen LogP contribution is 2.31. The second-order valence-corrected chi connectivity index (χ2v) is 4.46. The van der Waals surface area contributed by atoms with Crippen molar-refractivity contribution in [2.75, 3.05) is 13.1 Å². The van der Waals surface area contributed by atoms with E-state index in [4.69, 9.17) is 11.6 Å². The van der Waals surface area contributed by atoms with Gasteiger partial charge in [-0.05, 0) is 50.4 Å². The highest BCUT2D eigenvalue weighted by Gasteiger charge is 2.17. The van der Waals surface area contributed by atoms with Crippen molar-refractivity contribution in [3.05, 3.63) is 34.3 Å². The third-order valence-corrected chi connectivity index (χ3v) is 3.27. The minimum absolute atomic E-state index is 0.656. The molecule has 1 heterocycles. The molecule has 0 saturated carbocycles. The lowest BCUT2D eigenvalue weighted by Crippen LogP contribution is -2.26. The monoisotopic (exact) mass is 209 g/mol. The summed E-state index contributed by atoms with van der Waals surface area (Å²) in [6.45, 7) is 4.37. The zero-order valence-electron chi connectivity index (χ0n) is 8.52. The topological polar surface area (TPSA) is 12.0 Å². The number of halogens is 1. The van der Waals surface area contributed by atoms with Crippen molar-refractivity contribution in [2.24, 2.45) is 0 Å². The van der Waals surface area contributed by atoms with Crippen LogP contribution in [-0.4, -0.2) is 13.1 Å². The van der Waals surface area contributed by atoms with Gasteiger partial charge < -0.3 is 5.32 Å². The van der Waals surface area contributed by atoms with Gasteiger partial charge in [0.15, 0.2) is 0 Å². The third-order valence-electron chi connectivity index (χ3n) is 2.93. The number of rotatable bonds is 1. The Kier molecular flexibility index (Phi) is 3.09. The van der Waals surface area contributed by atoms with E-state index in [1.165, 1.54) is 24.0 Å². The predicted octanol–water partition coefficient (Wildman–Crippen LogP) is 3.12. The first-order valence-corrected chi connectivity index (χ1v) is 5.62. The Hall–Kier alpha value is -0.530. The van der Waals surface area contributed by atoms with E-state index in [2.05, 4.69) is 24.4 Å². The minimum Gasteiger partial charge on any atom is -0.317 e. The number of hydrogen-bond donors (Lipinski definition) is 1. The summed E-state index contributed by atoms with van der Waals surface area (Å²) in [4.78, 5) is 0. The molecular weight excluding hydrogens is 194 g/mol. The molecule has 0 aromatic heterocycles. The zero-order chi connectivity index (χ0) is 9.97. The first kappa shape index (κ1) is 10.0. The largest absolute Gasteiger partial charge is 0.317 e. The van der Waals surface area contributed by atoms with Gasteiger partial charge in [-0.3, -0.25) is 0 Å². The summed E-state index contributed by atoms with van der Waals surface area (Å²) in [5.74, 6) is 0.656. The van der Waals surface area contributed by atoms with Crippen molar-refractivity contribution >= 4 is 11.6 Å². The van der Waals surface area contributed by atoms with Crippen molar-refractivity contribution in [3.63, 3.8) is 0 Å². The lowest BCUT2D eigenvalue weighted by atomic mass is 9.89. The standard InChI is InChI=1S/C12H16ClN/c1-9-2-3-12(13)11(8-9)10-4-6-14-7-5-10/h2-3,8,10,14H,4-7H2,1H3. The summed E-state index contributed by atoms with van der Waals surface area (Å²) in [7, 11) is 0. The number of hydrogen-bond acceptors (Lipinski definition) is 1. The summed E-state index contributed by atoms with van der Waals surface area (Å²) >= 11 is 6.21. The van der Waals surface area contributed by atoms with Gasteiger partial charge in [0.2, 0.25) is 0 Å². The molecule has 1 fully saturated rings. The van der Waals surface area contributed by atoms with Crippen molar-refractivity contribution in [1.82, 2.24) is 5.32 Å². The summed E-state index contributed by atoms with van der Waals surface area (Å²) in [5.41, 5.74) is 2.65. The van der Waals surface area contributed by atoms with Crippen LogP contribution in [0, 0.1) is 6.92 Å². The van der Waals surface area contributed by atoms with Crippen LogP contribution in [0.25, 0.3) is 0 Å². The predicted molar refractivity (Wildman–Crippen MR) is 61.0 cm³/mol. The quantitative estimate of drug-likeness (QED) is 0.750. The fourth-order valence-electron chi connectivity index (χ4n) is 2.11. The van der Waals surface area contributed by atoms with E-state index in [1.807, 2.05) is 6.07 Å². The maximum Gasteiger partial charge on any atom is 0.0441 e. The average Bonchev–Trinajstić information content (AvgIpc) is 2.23. The van der Waals surface area contributed by atoms with Crippen LogP contribution >= 0.6 is 11.6 Å². The Balaban J connectivity index is 2.24. The van der Waals surface area contributed by atoms with Gasteiger partial charge in [0.25, 0.3) is 0 Å². The Morgan fingerprint density at radius 2 is 2.00 bits per heavy atom. The summed E-state index contributed by atoms with van der Waals surface area (Å²) < 4.78 is 0. The summed E-state index contributed by atoms with van der Waals surface area (Å²) in [6.07, 6.45) is 2.42. The van der Waals surface area contributed by atoms with Crippen molar-refractivity contribution in [2.45, 2.75) is 25.7 Å². The van der Waals surface area contributed by atoms with Crippen LogP contribution in [-0.2, 0) is 0 Å². The van der Waals surface area contributed by atoms with Gasteiger partial charge in [-0.25, -0.2) is 0 Å². The molecule has 0 spiro atoms. The average molecular weight is 210 g/mol. The van der Waals surface area contributed by atoms with Crippen molar-refractivity contribution in [1.29, 1.82) is 0 Å². The van der Waals surface area contributed by atoms with E-state index in [9.17, 15) is 0 Å². The number of nitrogens with one attached hydrogen (secondary N) is 1. The SMILES string of the molecule is Cc1ccc(Cl)c(C2CCNCC2)c1. The number of benzene rings is 1. The molecule has 0 amide bonds. The lowest BCUT2D eigenvalue weighted by Gasteiger charge is -2.24. The second kappa shape index (κ2) is 4.33. The molecule has 0 radical (unpaired) electrons. The maximum atomic E-state index is 6.21. The molecule has 0 bridgehead atoms. The zero-order valence-corrected chi connectivity index (χ0v) is 9.27. The van der Waals surface area contributed by atoms with Gasteiger partial charge in [-0.15, -0.1) is 0 Å². The van der Waals surface area contributed by atoms with Gasteiger partial charge in [0.05, 0.1) is 0 Å². The smallest absolute Gasteiger partial charge is 0.0441 e. The molecule has 1 saturated heterocycles. The van der Waals surface area contributed by atoms with Gasteiger partial charge in [0.1, 0.15) is 0 Å². The Bertz CT molecular complexity index is 316. The molecule has 2 heteroatoms. The van der Waals surface area contributed by atoms with Crippen LogP contribution in [0.5, 0.6) is 0 Å². The molecule has 0 aliphatic carbocycles. The van der Waals surface area contributed by atoms with Gasteiger partial charge in [-0.1, -0.05) is 29.3 Å². The number of piperidine rings is 1. The molecule has 1 aliphatic heterocycles. The summed E-state index contributed by atoms with van der Waals surface area (Å²) in [5, 5.41) is 4.31. The Labute approximate surface area is 90.5 Å². The van der Waals surface area contributed by atoms with E-state index in [-0.39, 0.29) is 0 Å². The van der Waals surface area contributed by atoms with Crippen molar-refractivity contribution < 1.29 is 0 Å². The van der Waals surface area contributed by atoms with Gasteiger partial charge in [0, 0.05) is 5.02 Å². The normalized spacial score (nSPS) is 18.4. The van der Waals surface area contributed by atoms with Crippen molar-refractivity contribution in [3.8, 4) is 0 Å². The molecule has 0 unspecified atom stereocenters. The van der Waals surface area contributed by atoms with Crippen LogP contribution < -0.4 is 5.32 Å². The Morgan fingerprint density at radius 3 is 2.71 bits per heavy atom. The molecule has 0 atom stereocenters. The molecule has 1 aliphatic rings. The van der Waals surface area contributed by atoms with Crippen LogP contribution in [0.2, 0.25) is 5.02 Å². The fraction of sp³-hybridized carbons (Fsp3) is 0.500. The molecule has 1 nitrogen and oxygen atoms in total. The molecule has 76 valence electrons. The van der Waals surface area contributed by atoms with E-state index >= 15 is 0 Å². The minimum atomic E-state index is 0.656. The molecule has 1 aromatic rings. The fourth-order valence-corrected chi connectivity index (χ4v) is 2.38. The summed E-state index contributed by atoms with van der Waals surface area (Å²) in [6, 6.07) is 6.33. The number of aryl methyl sites for hydroxylation is 1. The van der Waals surface area contributed by atoms with Crippen LogP contribution in [0.15, 0.2) is 18.2 Å². The van der Waals surface area contributed by atoms with Crippen LogP contribution in [0.3, 0.4) is 0 Å². The van der Waals surface area contributed by atoms with E-state index in [1.54, 1.807) is 0 Å². The van der Waals surface area contributed by atoms with E-state index < -0.39 is 0 Å². The van der Waals surface area contributed by atoms with Gasteiger partial charge >= 0.3 is 0 Å². The molecular formula is C12H16ClN. The Morgan fingerprint density at radius 1 is 1.29 bits per heavy atom. The first-order chi connectivity index (χ1) is 6.77. The van der Waals surface area contributed by atoms with E-state index in [0.717, 1.165) is 18.1 Å².